The van der Waals surface area contributed by atoms with Gasteiger partial charge in [-0.25, -0.2) is 9.10 Å². The van der Waals surface area contributed by atoms with Crippen LogP contribution in [0.5, 0.6) is 5.75 Å². The second-order valence-electron chi connectivity index (χ2n) is 6.13. The van der Waals surface area contributed by atoms with Gasteiger partial charge in [-0.15, -0.1) is 0 Å². The molecule has 29 heavy (non-hydrogen) atoms. The van der Waals surface area contributed by atoms with E-state index in [4.69, 9.17) is 4.74 Å². The highest BCUT2D eigenvalue weighted by Crippen LogP contribution is 2.22. The topological polar surface area (TPSA) is 70.7 Å². The molecule has 0 aliphatic carbocycles. The summed E-state index contributed by atoms with van der Waals surface area (Å²) in [6, 6.07) is 15.6. The third kappa shape index (κ3) is 5.52. The third-order valence-corrected chi connectivity index (χ3v) is 5.33. The van der Waals surface area contributed by atoms with Crippen LogP contribution in [-0.2, 0) is 6.42 Å². The van der Waals surface area contributed by atoms with Crippen LogP contribution in [-0.4, -0.2) is 25.6 Å². The van der Waals surface area contributed by atoms with Gasteiger partial charge >= 0.3 is 6.03 Å². The third-order valence-electron chi connectivity index (χ3n) is 4.18. The number of hydrogen-bond donors (Lipinski definition) is 3. The van der Waals surface area contributed by atoms with Crippen molar-refractivity contribution in [3.05, 3.63) is 76.5 Å². The van der Waals surface area contributed by atoms with Gasteiger partial charge in [0, 0.05) is 12.2 Å². The zero-order chi connectivity index (χ0) is 20.6. The van der Waals surface area contributed by atoms with Crippen molar-refractivity contribution in [3.8, 4) is 5.75 Å². The van der Waals surface area contributed by atoms with E-state index in [9.17, 15) is 9.59 Å². The van der Waals surface area contributed by atoms with Crippen LogP contribution in [0.1, 0.15) is 15.9 Å². The van der Waals surface area contributed by atoms with Crippen molar-refractivity contribution < 1.29 is 14.3 Å². The number of nitrogens with one attached hydrogen (secondary N) is 2. The van der Waals surface area contributed by atoms with Gasteiger partial charge in [0.15, 0.2) is 0 Å². The number of ether oxygens (including phenoxy) is 1. The average molecular weight is 428 g/mol. The van der Waals surface area contributed by atoms with Crippen molar-refractivity contribution in [2.24, 2.45) is 0 Å². The maximum atomic E-state index is 12.5. The molecule has 1 heterocycles. The second-order valence-corrected chi connectivity index (χ2v) is 7.31. The monoisotopic (exact) mass is 427 g/mol. The van der Waals surface area contributed by atoms with Gasteiger partial charge < -0.3 is 15.4 Å². The molecule has 0 unspecified atom stereocenters. The van der Waals surface area contributed by atoms with Gasteiger partial charge in [0.05, 0.1) is 18.4 Å². The number of urea groups is 1. The Morgan fingerprint density at radius 1 is 1.10 bits per heavy atom. The molecule has 150 valence electrons. The number of nitrogens with zero attached hydrogens (tertiary/aromatic N) is 1. The van der Waals surface area contributed by atoms with Gasteiger partial charge in [-0.2, -0.15) is 11.3 Å². The molecule has 0 aliphatic heterocycles. The van der Waals surface area contributed by atoms with Crippen LogP contribution in [0, 0.1) is 0 Å². The summed E-state index contributed by atoms with van der Waals surface area (Å²) in [6.45, 7) is 0.527. The largest absolute Gasteiger partial charge is 0.496 e. The molecule has 0 aliphatic rings. The Bertz CT molecular complexity index is 960. The van der Waals surface area contributed by atoms with Crippen LogP contribution < -0.4 is 19.7 Å². The van der Waals surface area contributed by atoms with Gasteiger partial charge in [0.2, 0.25) is 0 Å². The Kier molecular flexibility index (Phi) is 7.15. The van der Waals surface area contributed by atoms with Crippen LogP contribution in [0.4, 0.5) is 16.2 Å². The van der Waals surface area contributed by atoms with E-state index in [1.807, 2.05) is 11.4 Å². The minimum Gasteiger partial charge on any atom is -0.496 e. The molecule has 0 atom stereocenters. The minimum atomic E-state index is -0.311. The summed E-state index contributed by atoms with van der Waals surface area (Å²) in [4.78, 5) is 24.7. The quantitative estimate of drug-likeness (QED) is 0.482. The highest BCUT2D eigenvalue weighted by molar-refractivity contribution is 7.82. The molecule has 6 nitrogen and oxygen atoms in total. The van der Waals surface area contributed by atoms with Crippen LogP contribution in [0.2, 0.25) is 0 Å². The number of anilines is 2. The summed E-state index contributed by atoms with van der Waals surface area (Å²) in [5, 5.41) is 9.72. The molecule has 8 heteroatoms. The number of hydrogen-bond acceptors (Lipinski definition) is 5. The lowest BCUT2D eigenvalue weighted by Gasteiger charge is -2.17. The Labute approximate surface area is 179 Å². The molecular formula is C21H21N3O3S2. The normalized spacial score (nSPS) is 10.3. The zero-order valence-corrected chi connectivity index (χ0v) is 17.5. The second kappa shape index (κ2) is 9.99. The average Bonchev–Trinajstić information content (AvgIpc) is 3.27. The highest BCUT2D eigenvalue weighted by Gasteiger charge is 2.14. The van der Waals surface area contributed by atoms with Crippen molar-refractivity contribution in [2.75, 3.05) is 23.3 Å². The van der Waals surface area contributed by atoms with E-state index >= 15 is 0 Å². The van der Waals surface area contributed by atoms with Crippen LogP contribution in [0.15, 0.2) is 65.4 Å². The Hall–Kier alpha value is -2.97. The predicted octanol–water partition coefficient (Wildman–Crippen LogP) is 4.61. The molecule has 0 saturated carbocycles. The van der Waals surface area contributed by atoms with E-state index < -0.39 is 0 Å². The van der Waals surface area contributed by atoms with Crippen LogP contribution in [0.3, 0.4) is 0 Å². The van der Waals surface area contributed by atoms with Crippen molar-refractivity contribution in [3.63, 3.8) is 0 Å². The molecule has 1 aromatic heterocycles. The van der Waals surface area contributed by atoms with Gasteiger partial charge in [0.1, 0.15) is 5.75 Å². The van der Waals surface area contributed by atoms with Gasteiger partial charge in [-0.3, -0.25) is 4.79 Å². The predicted molar refractivity (Wildman–Crippen MR) is 120 cm³/mol. The first-order valence-corrected chi connectivity index (χ1v) is 10.2. The number of methoxy groups -OCH3 is 1. The van der Waals surface area contributed by atoms with Gasteiger partial charge in [-0.1, -0.05) is 24.9 Å². The summed E-state index contributed by atoms with van der Waals surface area (Å²) in [5.41, 5.74) is 2.83. The lowest BCUT2D eigenvalue weighted by molar-refractivity contribution is 0.102. The first kappa shape index (κ1) is 20.8. The molecule has 0 fully saturated rings. The number of thiophene rings is 1. The van der Waals surface area contributed by atoms with Crippen molar-refractivity contribution in [2.45, 2.75) is 6.42 Å². The summed E-state index contributed by atoms with van der Waals surface area (Å²) in [5.74, 6) is 0.228. The van der Waals surface area contributed by atoms with E-state index in [-0.39, 0.29) is 11.9 Å². The fourth-order valence-corrected chi connectivity index (χ4v) is 3.56. The maximum absolute atomic E-state index is 12.5. The summed E-state index contributed by atoms with van der Waals surface area (Å²) in [6.07, 6.45) is 0.769. The molecule has 2 aromatic carbocycles. The number of carbonyl (C=O) groups excluding carboxylic acids is 2. The number of para-hydroxylation sites is 1. The zero-order valence-electron chi connectivity index (χ0n) is 15.8. The first-order chi connectivity index (χ1) is 14.1. The van der Waals surface area contributed by atoms with Crippen LogP contribution in [0.25, 0.3) is 0 Å². The number of rotatable bonds is 7. The smallest absolute Gasteiger partial charge is 0.331 e. The Morgan fingerprint density at radius 3 is 2.55 bits per heavy atom. The summed E-state index contributed by atoms with van der Waals surface area (Å²) in [7, 11) is 1.52. The molecule has 0 spiro atoms. The van der Waals surface area contributed by atoms with Crippen LogP contribution >= 0.6 is 24.2 Å². The lowest BCUT2D eigenvalue weighted by atomic mass is 10.2. The molecule has 3 aromatic rings. The molecule has 3 amide bonds. The highest BCUT2D eigenvalue weighted by atomic mass is 32.1. The number of carbonyl (C=O) groups is 2. The number of amides is 3. The summed E-state index contributed by atoms with van der Waals surface area (Å²) < 4.78 is 6.45. The molecule has 2 N–H and O–H groups in total. The Morgan fingerprint density at radius 2 is 1.86 bits per heavy atom. The van der Waals surface area contributed by atoms with E-state index in [1.165, 1.54) is 17.0 Å². The molecular weight excluding hydrogens is 406 g/mol. The van der Waals surface area contributed by atoms with Crippen molar-refractivity contribution in [1.29, 1.82) is 0 Å². The van der Waals surface area contributed by atoms with E-state index in [0.717, 1.165) is 6.42 Å². The maximum Gasteiger partial charge on any atom is 0.331 e. The van der Waals surface area contributed by atoms with E-state index in [2.05, 4.69) is 28.8 Å². The molecule has 3 rings (SSSR count). The summed E-state index contributed by atoms with van der Waals surface area (Å²) >= 11 is 5.90. The number of benzene rings is 2. The van der Waals surface area contributed by atoms with E-state index in [0.29, 0.717) is 29.2 Å². The van der Waals surface area contributed by atoms with Gasteiger partial charge in [0.25, 0.3) is 5.91 Å². The minimum absolute atomic E-state index is 0.274. The molecule has 0 bridgehead atoms. The fourth-order valence-electron chi connectivity index (χ4n) is 2.66. The fraction of sp³-hybridized carbons (Fsp3) is 0.143. The molecule has 0 radical (unpaired) electrons. The lowest BCUT2D eigenvalue weighted by Crippen LogP contribution is -2.35. The molecule has 0 saturated heterocycles. The van der Waals surface area contributed by atoms with Gasteiger partial charge in [-0.05, 0) is 65.2 Å². The van der Waals surface area contributed by atoms with Crippen molar-refractivity contribution >= 4 is 47.5 Å². The SMILES string of the molecule is COc1ccccc1C(=O)Nc1ccc(N(S)C(=O)NCCc2ccsc2)cc1. The Balaban J connectivity index is 1.56. The number of thiol groups is 1. The first-order valence-electron chi connectivity index (χ1n) is 8.91. The standard InChI is InChI=1S/C21H21N3O3S2/c1-27-19-5-3-2-4-18(19)20(25)23-16-6-8-17(9-7-16)24(28)21(26)22-12-10-15-11-13-29-14-15/h2-9,11,13-14,28H,10,12H2,1H3,(H,22,26)(H,23,25). The van der Waals surface area contributed by atoms with Crippen molar-refractivity contribution in [1.82, 2.24) is 5.32 Å². The van der Waals surface area contributed by atoms with E-state index in [1.54, 1.807) is 59.9 Å².